The Hall–Kier alpha value is -2.45. The van der Waals surface area contributed by atoms with E-state index < -0.39 is 22.6 Å². The number of halogens is 1. The Morgan fingerprint density at radius 2 is 1.97 bits per heavy atom. The third-order valence-corrected chi connectivity index (χ3v) is 6.53. The summed E-state index contributed by atoms with van der Waals surface area (Å²) in [5, 5.41) is 0. The lowest BCUT2D eigenvalue weighted by Crippen LogP contribution is -2.47. The van der Waals surface area contributed by atoms with Crippen molar-refractivity contribution in [2.75, 3.05) is 32.5 Å². The van der Waals surface area contributed by atoms with Crippen molar-refractivity contribution in [1.29, 1.82) is 0 Å². The fraction of sp³-hybridized carbons (Fsp3) is 0.381. The maximum absolute atomic E-state index is 14.8. The van der Waals surface area contributed by atoms with E-state index in [4.69, 9.17) is 15.2 Å². The summed E-state index contributed by atoms with van der Waals surface area (Å²) < 4.78 is 39.9. The highest BCUT2D eigenvalue weighted by Crippen LogP contribution is 2.34. The fourth-order valence-corrected chi connectivity index (χ4v) is 4.67. The Kier molecular flexibility index (Phi) is 6.54. The number of alkyl halides is 1. The van der Waals surface area contributed by atoms with Crippen LogP contribution in [0.1, 0.15) is 19.8 Å². The molecule has 0 spiro atoms. The molecule has 0 aromatic heterocycles. The summed E-state index contributed by atoms with van der Waals surface area (Å²) in [7, 11) is 0.0507. The molecule has 1 atom stereocenters. The molecule has 1 saturated heterocycles. The van der Waals surface area contributed by atoms with Crippen LogP contribution in [0, 0.1) is 0 Å². The molecule has 0 radical (unpaired) electrons. The average molecular weight is 421 g/mol. The number of ether oxygens (including phenoxy) is 2. The Morgan fingerprint density at radius 1 is 1.24 bits per heavy atom. The van der Waals surface area contributed by atoms with Gasteiger partial charge < -0.3 is 15.2 Å². The number of anilines is 1. The minimum atomic E-state index is -2.02. The van der Waals surface area contributed by atoms with Gasteiger partial charge in [0.05, 0.1) is 18.6 Å². The summed E-state index contributed by atoms with van der Waals surface area (Å²) in [6.07, 6.45) is -0.109. The Labute approximate surface area is 172 Å². The number of nitrogens with zero attached hydrogens (tertiary/aromatic N) is 1. The van der Waals surface area contributed by atoms with Gasteiger partial charge in [0.15, 0.2) is 0 Å². The van der Waals surface area contributed by atoms with E-state index in [-0.39, 0.29) is 32.5 Å². The van der Waals surface area contributed by atoms with E-state index >= 15 is 0 Å². The molecule has 29 heavy (non-hydrogen) atoms. The van der Waals surface area contributed by atoms with Gasteiger partial charge in [-0.05, 0) is 42.8 Å². The highest BCUT2D eigenvalue weighted by atomic mass is 32.2. The normalized spacial score (nSPS) is 17.5. The van der Waals surface area contributed by atoms with E-state index in [1.165, 1.54) is 0 Å². The second-order valence-electron chi connectivity index (χ2n) is 6.85. The summed E-state index contributed by atoms with van der Waals surface area (Å²) in [4.78, 5) is 12.5. The van der Waals surface area contributed by atoms with Crippen molar-refractivity contribution in [2.24, 2.45) is 0 Å². The largest absolute Gasteiger partial charge is 0.497 e. The molecule has 156 valence electrons. The first-order valence-electron chi connectivity index (χ1n) is 9.45. The van der Waals surface area contributed by atoms with Crippen LogP contribution in [-0.4, -0.2) is 47.0 Å². The SMILES string of the molecule is CCOC(=O)C1(F)CCN(S(=O)c2ccc(N)cc2-c2cccc(OC)c2)CC1. The molecule has 1 aliphatic heterocycles. The first kappa shape index (κ1) is 21.3. The van der Waals surface area contributed by atoms with Crippen molar-refractivity contribution < 1.29 is 22.9 Å². The lowest BCUT2D eigenvalue weighted by Gasteiger charge is -2.34. The van der Waals surface area contributed by atoms with E-state index in [0.717, 1.165) is 11.1 Å². The molecule has 6 nitrogen and oxygen atoms in total. The molecule has 8 heteroatoms. The average Bonchev–Trinajstić information content (AvgIpc) is 2.74. The third-order valence-electron chi connectivity index (χ3n) is 4.96. The molecular formula is C21H25FN2O4S. The van der Waals surface area contributed by atoms with Crippen LogP contribution in [0.15, 0.2) is 47.4 Å². The number of carbonyl (C=O) groups excluding carboxylic acids is 1. The van der Waals surface area contributed by atoms with Gasteiger partial charge in [-0.2, -0.15) is 0 Å². The zero-order valence-corrected chi connectivity index (χ0v) is 17.3. The van der Waals surface area contributed by atoms with E-state index in [2.05, 4.69) is 0 Å². The number of carbonyl (C=O) groups is 1. The van der Waals surface area contributed by atoms with Crippen LogP contribution in [0.25, 0.3) is 11.1 Å². The predicted octanol–water partition coefficient (Wildman–Crippen LogP) is 3.33. The van der Waals surface area contributed by atoms with Crippen molar-refractivity contribution in [3.8, 4) is 16.9 Å². The lowest BCUT2D eigenvalue weighted by molar-refractivity contribution is -0.160. The van der Waals surface area contributed by atoms with Gasteiger partial charge >= 0.3 is 5.97 Å². The molecular weight excluding hydrogens is 395 g/mol. The summed E-state index contributed by atoms with van der Waals surface area (Å²) in [5.74, 6) is -0.161. The molecule has 0 bridgehead atoms. The number of nitrogens with two attached hydrogens (primary N) is 1. The highest BCUT2D eigenvalue weighted by Gasteiger charge is 2.44. The number of nitrogen functional groups attached to an aromatic ring is 1. The van der Waals surface area contributed by atoms with Crippen molar-refractivity contribution >= 4 is 22.6 Å². The fourth-order valence-electron chi connectivity index (χ4n) is 3.33. The molecule has 0 amide bonds. The third kappa shape index (κ3) is 4.59. The standard InChI is InChI=1S/C21H25FN2O4S/c1-3-28-20(25)21(22)9-11-24(12-10-21)29(26)19-8-7-16(23)14-18(19)15-5-4-6-17(13-15)27-2/h4-8,13-14H,3,9-12,23H2,1-2H3. The minimum Gasteiger partial charge on any atom is -0.497 e. The molecule has 1 aliphatic rings. The number of hydrogen-bond acceptors (Lipinski definition) is 5. The molecule has 2 N–H and O–H groups in total. The molecule has 2 aromatic carbocycles. The van der Waals surface area contributed by atoms with Crippen LogP contribution < -0.4 is 10.5 Å². The first-order chi connectivity index (χ1) is 13.9. The van der Waals surface area contributed by atoms with Crippen molar-refractivity contribution in [2.45, 2.75) is 30.3 Å². The second-order valence-corrected chi connectivity index (χ2v) is 8.31. The predicted molar refractivity (Wildman–Crippen MR) is 111 cm³/mol. The van der Waals surface area contributed by atoms with E-state index in [9.17, 15) is 13.4 Å². The van der Waals surface area contributed by atoms with Crippen LogP contribution in [-0.2, 0) is 20.5 Å². The molecule has 0 aliphatic carbocycles. The van der Waals surface area contributed by atoms with E-state index in [0.29, 0.717) is 16.3 Å². The first-order valence-corrected chi connectivity index (χ1v) is 10.6. The number of hydrogen-bond donors (Lipinski definition) is 1. The number of piperidine rings is 1. The Balaban J connectivity index is 1.84. The van der Waals surface area contributed by atoms with E-state index in [1.54, 1.807) is 36.5 Å². The summed E-state index contributed by atoms with van der Waals surface area (Å²) in [6, 6.07) is 12.6. The van der Waals surface area contributed by atoms with Crippen LogP contribution in [0.5, 0.6) is 5.75 Å². The van der Waals surface area contributed by atoms with Crippen LogP contribution in [0.3, 0.4) is 0 Å². The topological polar surface area (TPSA) is 81.9 Å². The minimum absolute atomic E-state index is 0.0545. The Bertz CT molecular complexity index is 913. The quantitative estimate of drug-likeness (QED) is 0.573. The maximum atomic E-state index is 14.8. The highest BCUT2D eigenvalue weighted by molar-refractivity contribution is 7.82. The Morgan fingerprint density at radius 3 is 2.62 bits per heavy atom. The monoisotopic (exact) mass is 420 g/mol. The zero-order valence-electron chi connectivity index (χ0n) is 16.5. The summed E-state index contributed by atoms with van der Waals surface area (Å²) >= 11 is 0. The number of methoxy groups -OCH3 is 1. The van der Waals surface area contributed by atoms with Gasteiger partial charge in [-0.1, -0.05) is 12.1 Å². The number of rotatable bonds is 6. The van der Waals surface area contributed by atoms with Crippen LogP contribution >= 0.6 is 0 Å². The van der Waals surface area contributed by atoms with Crippen LogP contribution in [0.2, 0.25) is 0 Å². The lowest BCUT2D eigenvalue weighted by atomic mass is 9.95. The van der Waals surface area contributed by atoms with Crippen LogP contribution in [0.4, 0.5) is 10.1 Å². The van der Waals surface area contributed by atoms with Gasteiger partial charge in [0, 0.05) is 37.2 Å². The summed E-state index contributed by atoms with van der Waals surface area (Å²) in [6.45, 7) is 2.15. The van der Waals surface area contributed by atoms with Crippen molar-refractivity contribution in [3.05, 3.63) is 42.5 Å². The van der Waals surface area contributed by atoms with Crippen molar-refractivity contribution in [3.63, 3.8) is 0 Å². The van der Waals surface area contributed by atoms with Gasteiger partial charge in [-0.25, -0.2) is 17.7 Å². The molecule has 1 fully saturated rings. The summed E-state index contributed by atoms with van der Waals surface area (Å²) in [5.41, 5.74) is 6.04. The number of esters is 1. The molecule has 1 unspecified atom stereocenters. The van der Waals surface area contributed by atoms with Gasteiger partial charge in [0.2, 0.25) is 5.67 Å². The molecule has 0 saturated carbocycles. The van der Waals surface area contributed by atoms with Crippen molar-refractivity contribution in [1.82, 2.24) is 4.31 Å². The maximum Gasteiger partial charge on any atom is 0.343 e. The smallest absolute Gasteiger partial charge is 0.343 e. The number of benzene rings is 2. The van der Waals surface area contributed by atoms with Gasteiger partial charge in [0.1, 0.15) is 16.7 Å². The van der Waals surface area contributed by atoms with Gasteiger partial charge in [-0.15, -0.1) is 0 Å². The second kappa shape index (κ2) is 8.92. The van der Waals surface area contributed by atoms with E-state index in [1.807, 2.05) is 24.3 Å². The molecule has 2 aromatic rings. The van der Waals surface area contributed by atoms with Gasteiger partial charge in [-0.3, -0.25) is 0 Å². The molecule has 3 rings (SSSR count). The molecule has 1 heterocycles. The van der Waals surface area contributed by atoms with Gasteiger partial charge in [0.25, 0.3) is 0 Å². The zero-order chi connectivity index (χ0) is 21.0.